The van der Waals surface area contributed by atoms with Crippen LogP contribution in [0.15, 0.2) is 11.6 Å². The molecule has 15 heavy (non-hydrogen) atoms. The van der Waals surface area contributed by atoms with Crippen LogP contribution >= 0.6 is 0 Å². The molecule has 0 fully saturated rings. The first kappa shape index (κ1) is 13.7. The molecule has 0 aliphatic carbocycles. The van der Waals surface area contributed by atoms with Crippen molar-refractivity contribution < 1.29 is 9.53 Å². The Morgan fingerprint density at radius 1 is 1.60 bits per heavy atom. The summed E-state index contributed by atoms with van der Waals surface area (Å²) in [6, 6.07) is 2.01. The van der Waals surface area contributed by atoms with Crippen molar-refractivity contribution in [1.29, 1.82) is 5.26 Å². The molecule has 0 bridgehead atoms. The van der Waals surface area contributed by atoms with Gasteiger partial charge in [0.1, 0.15) is 0 Å². The highest BCUT2D eigenvalue weighted by Gasteiger charge is 2.36. The summed E-state index contributed by atoms with van der Waals surface area (Å²) in [5.41, 5.74) is -0.368. The van der Waals surface area contributed by atoms with Gasteiger partial charge in [0.25, 0.3) is 0 Å². The fourth-order valence-corrected chi connectivity index (χ4v) is 1.23. The molecule has 0 radical (unpaired) electrons. The third-order valence-electron chi connectivity index (χ3n) is 2.61. The van der Waals surface area contributed by atoms with Crippen LogP contribution < -0.4 is 0 Å². The minimum absolute atomic E-state index is 0.491. The second kappa shape index (κ2) is 6.23. The van der Waals surface area contributed by atoms with Gasteiger partial charge in [-0.05, 0) is 25.8 Å². The van der Waals surface area contributed by atoms with E-state index in [9.17, 15) is 4.79 Å². The molecule has 0 aromatic carbocycles. The lowest BCUT2D eigenvalue weighted by atomic mass is 9.84. The maximum absolute atomic E-state index is 11.5. The van der Waals surface area contributed by atoms with Gasteiger partial charge in [0.05, 0.1) is 13.2 Å². The fourth-order valence-electron chi connectivity index (χ4n) is 1.23. The number of hydrogen-bond donors (Lipinski definition) is 0. The molecule has 0 amide bonds. The zero-order valence-electron chi connectivity index (χ0n) is 9.96. The van der Waals surface area contributed by atoms with Gasteiger partial charge in [-0.15, -0.1) is 0 Å². The van der Waals surface area contributed by atoms with E-state index in [1.54, 1.807) is 13.8 Å². The average Bonchev–Trinajstić information content (AvgIpc) is 2.26. The number of nitriles is 1. The Morgan fingerprint density at radius 2 is 2.20 bits per heavy atom. The molecule has 0 aromatic rings. The van der Waals surface area contributed by atoms with Crippen LogP contribution in [0.4, 0.5) is 0 Å². The van der Waals surface area contributed by atoms with Crippen LogP contribution in [0.5, 0.6) is 0 Å². The largest absolute Gasteiger partial charge is 0.468 e. The molecule has 0 aliphatic heterocycles. The molecule has 0 heterocycles. The third kappa shape index (κ3) is 3.39. The quantitative estimate of drug-likeness (QED) is 0.397. The SMILES string of the molecule is CCCC/C=C(/C)[C@@](C)(C#N)C(=O)OC. The van der Waals surface area contributed by atoms with Gasteiger partial charge in [0, 0.05) is 0 Å². The number of methoxy groups -OCH3 is 1. The molecule has 3 heteroatoms. The van der Waals surface area contributed by atoms with Crippen LogP contribution in [0.1, 0.15) is 40.0 Å². The number of nitrogens with zero attached hydrogens (tertiary/aromatic N) is 1. The molecule has 0 aliphatic rings. The van der Waals surface area contributed by atoms with Gasteiger partial charge in [0.2, 0.25) is 0 Å². The molecule has 0 aromatic heterocycles. The minimum Gasteiger partial charge on any atom is -0.468 e. The zero-order chi connectivity index (χ0) is 11.9. The van der Waals surface area contributed by atoms with E-state index >= 15 is 0 Å². The fraction of sp³-hybridized carbons (Fsp3) is 0.667. The molecule has 0 spiro atoms. The Bertz CT molecular complexity index is 288. The Labute approximate surface area is 91.7 Å². The second-order valence-electron chi connectivity index (χ2n) is 3.76. The first-order valence-corrected chi connectivity index (χ1v) is 5.19. The van der Waals surface area contributed by atoms with Gasteiger partial charge in [-0.25, -0.2) is 4.79 Å². The summed E-state index contributed by atoms with van der Waals surface area (Å²) in [6.45, 7) is 5.50. The number of allylic oxidation sites excluding steroid dienone is 1. The summed E-state index contributed by atoms with van der Waals surface area (Å²) in [5.74, 6) is -0.491. The summed E-state index contributed by atoms with van der Waals surface area (Å²) in [6.07, 6.45) is 5.02. The van der Waals surface area contributed by atoms with Crippen LogP contribution in [0.2, 0.25) is 0 Å². The van der Waals surface area contributed by atoms with Crippen molar-refractivity contribution in [2.75, 3.05) is 7.11 Å². The molecule has 0 N–H and O–H groups in total. The van der Waals surface area contributed by atoms with E-state index in [-0.39, 0.29) is 0 Å². The maximum Gasteiger partial charge on any atom is 0.330 e. The molecule has 84 valence electrons. The predicted octanol–water partition coefficient (Wildman–Crippen LogP) is 2.83. The van der Waals surface area contributed by atoms with Crippen LogP contribution in [0, 0.1) is 16.7 Å². The van der Waals surface area contributed by atoms with Gasteiger partial charge >= 0.3 is 5.97 Å². The highest BCUT2D eigenvalue weighted by molar-refractivity contribution is 5.83. The number of unbranched alkanes of at least 4 members (excludes halogenated alkanes) is 2. The molecule has 1 atom stereocenters. The molecule has 0 rings (SSSR count). The summed E-state index contributed by atoms with van der Waals surface area (Å²) in [7, 11) is 1.30. The summed E-state index contributed by atoms with van der Waals surface area (Å²) in [4.78, 5) is 11.5. The molecule has 0 unspecified atom stereocenters. The normalized spacial score (nSPS) is 15.3. The monoisotopic (exact) mass is 209 g/mol. The number of ether oxygens (including phenoxy) is 1. The van der Waals surface area contributed by atoms with Crippen molar-refractivity contribution in [3.05, 3.63) is 11.6 Å². The second-order valence-corrected chi connectivity index (χ2v) is 3.76. The van der Waals surface area contributed by atoms with Crippen LogP contribution in [-0.2, 0) is 9.53 Å². The lowest BCUT2D eigenvalue weighted by molar-refractivity contribution is -0.146. The lowest BCUT2D eigenvalue weighted by Gasteiger charge is -2.19. The van der Waals surface area contributed by atoms with E-state index in [0.29, 0.717) is 0 Å². The highest BCUT2D eigenvalue weighted by atomic mass is 16.5. The number of esters is 1. The van der Waals surface area contributed by atoms with Crippen molar-refractivity contribution >= 4 is 5.97 Å². The lowest BCUT2D eigenvalue weighted by Crippen LogP contribution is -2.28. The average molecular weight is 209 g/mol. The molecule has 0 saturated heterocycles. The Morgan fingerprint density at radius 3 is 2.60 bits per heavy atom. The summed E-state index contributed by atoms with van der Waals surface area (Å²) >= 11 is 0. The Kier molecular flexibility index (Phi) is 5.69. The van der Waals surface area contributed by atoms with Gasteiger partial charge in [-0.2, -0.15) is 5.26 Å². The Hall–Kier alpha value is -1.30. The standard InChI is InChI=1S/C12H19NO2/c1-5-6-7-8-10(2)12(3,9-13)11(14)15-4/h8H,5-7H2,1-4H3/b10-8-/t12-/m1/s1. The predicted molar refractivity (Wildman–Crippen MR) is 59.0 cm³/mol. The van der Waals surface area contributed by atoms with Crippen molar-refractivity contribution in [3.8, 4) is 6.07 Å². The van der Waals surface area contributed by atoms with Crippen molar-refractivity contribution in [2.24, 2.45) is 5.41 Å². The summed E-state index contributed by atoms with van der Waals surface area (Å²) < 4.78 is 4.63. The smallest absolute Gasteiger partial charge is 0.330 e. The number of rotatable bonds is 5. The third-order valence-corrected chi connectivity index (χ3v) is 2.61. The van der Waals surface area contributed by atoms with E-state index in [1.807, 2.05) is 12.1 Å². The Balaban J connectivity index is 4.74. The minimum atomic E-state index is -1.14. The maximum atomic E-state index is 11.5. The first-order chi connectivity index (χ1) is 7.02. The van der Waals surface area contributed by atoms with E-state index in [1.165, 1.54) is 7.11 Å². The first-order valence-electron chi connectivity index (χ1n) is 5.19. The topological polar surface area (TPSA) is 50.1 Å². The molecular weight excluding hydrogens is 190 g/mol. The molecular formula is C12H19NO2. The van der Waals surface area contributed by atoms with E-state index in [0.717, 1.165) is 24.8 Å². The van der Waals surface area contributed by atoms with Crippen LogP contribution in [-0.4, -0.2) is 13.1 Å². The zero-order valence-corrected chi connectivity index (χ0v) is 9.96. The van der Waals surface area contributed by atoms with E-state index < -0.39 is 11.4 Å². The van der Waals surface area contributed by atoms with Gasteiger partial charge in [0.15, 0.2) is 5.41 Å². The van der Waals surface area contributed by atoms with E-state index in [2.05, 4.69) is 11.7 Å². The van der Waals surface area contributed by atoms with E-state index in [4.69, 9.17) is 5.26 Å². The van der Waals surface area contributed by atoms with Crippen LogP contribution in [0.25, 0.3) is 0 Å². The van der Waals surface area contributed by atoms with Crippen LogP contribution in [0.3, 0.4) is 0 Å². The molecule has 3 nitrogen and oxygen atoms in total. The van der Waals surface area contributed by atoms with Gasteiger partial charge in [-0.3, -0.25) is 0 Å². The number of carbonyl (C=O) groups excluding carboxylic acids is 1. The molecule has 0 saturated carbocycles. The van der Waals surface area contributed by atoms with Gasteiger partial charge < -0.3 is 4.74 Å². The van der Waals surface area contributed by atoms with Crippen molar-refractivity contribution in [1.82, 2.24) is 0 Å². The summed E-state index contributed by atoms with van der Waals surface area (Å²) in [5, 5.41) is 9.02. The number of hydrogen-bond acceptors (Lipinski definition) is 3. The highest BCUT2D eigenvalue weighted by Crippen LogP contribution is 2.27. The van der Waals surface area contributed by atoms with Crippen molar-refractivity contribution in [2.45, 2.75) is 40.0 Å². The van der Waals surface area contributed by atoms with Gasteiger partial charge in [-0.1, -0.05) is 25.8 Å². The van der Waals surface area contributed by atoms with Crippen molar-refractivity contribution in [3.63, 3.8) is 0 Å². The number of carbonyl (C=O) groups is 1.